The van der Waals surface area contributed by atoms with Gasteiger partial charge in [-0.15, -0.1) is 0 Å². The van der Waals surface area contributed by atoms with Gasteiger partial charge in [-0.1, -0.05) is 22.0 Å². The fourth-order valence-corrected chi connectivity index (χ4v) is 2.07. The van der Waals surface area contributed by atoms with Crippen molar-refractivity contribution in [3.05, 3.63) is 58.3 Å². The molecule has 0 aliphatic rings. The van der Waals surface area contributed by atoms with Crippen molar-refractivity contribution in [3.8, 4) is 5.75 Å². The summed E-state index contributed by atoms with van der Waals surface area (Å²) in [6.45, 7) is 0.789. The van der Waals surface area contributed by atoms with Crippen LogP contribution in [0.4, 0.5) is 10.1 Å². The molecule has 0 aromatic heterocycles. The Morgan fingerprint density at radius 2 is 2.10 bits per heavy atom. The van der Waals surface area contributed by atoms with E-state index >= 15 is 0 Å². The van der Waals surface area contributed by atoms with Crippen LogP contribution < -0.4 is 15.8 Å². The van der Waals surface area contributed by atoms with E-state index in [0.717, 1.165) is 0 Å². The Labute approximate surface area is 130 Å². The van der Waals surface area contributed by atoms with Crippen LogP contribution in [0.1, 0.15) is 10.4 Å². The fourth-order valence-electron chi connectivity index (χ4n) is 1.71. The maximum absolute atomic E-state index is 13.6. The van der Waals surface area contributed by atoms with E-state index in [2.05, 4.69) is 21.2 Å². The SMILES string of the molecule is NCCOc1cccc(NC(=O)c2cc(Br)ccc2F)c1. The Balaban J connectivity index is 2.14. The van der Waals surface area contributed by atoms with Crippen LogP contribution in [0, 0.1) is 5.82 Å². The Morgan fingerprint density at radius 3 is 2.86 bits per heavy atom. The lowest BCUT2D eigenvalue weighted by Crippen LogP contribution is -2.14. The zero-order chi connectivity index (χ0) is 15.2. The smallest absolute Gasteiger partial charge is 0.258 e. The van der Waals surface area contributed by atoms with Gasteiger partial charge in [0.05, 0.1) is 5.56 Å². The van der Waals surface area contributed by atoms with Crippen molar-refractivity contribution in [2.75, 3.05) is 18.5 Å². The first kappa shape index (κ1) is 15.5. The van der Waals surface area contributed by atoms with Crippen LogP contribution in [0.15, 0.2) is 46.9 Å². The minimum atomic E-state index is -0.578. The van der Waals surface area contributed by atoms with Crippen LogP contribution in [0.25, 0.3) is 0 Å². The summed E-state index contributed by atoms with van der Waals surface area (Å²) in [6, 6.07) is 11.0. The van der Waals surface area contributed by atoms with E-state index in [9.17, 15) is 9.18 Å². The van der Waals surface area contributed by atoms with Crippen molar-refractivity contribution in [2.45, 2.75) is 0 Å². The molecule has 0 bridgehead atoms. The molecule has 2 aromatic rings. The summed E-state index contributed by atoms with van der Waals surface area (Å²) in [5, 5.41) is 2.63. The van der Waals surface area contributed by atoms with E-state index in [1.807, 2.05) is 0 Å². The molecule has 0 saturated carbocycles. The summed E-state index contributed by atoms with van der Waals surface area (Å²) in [7, 11) is 0. The molecule has 0 spiro atoms. The third-order valence-electron chi connectivity index (χ3n) is 2.65. The van der Waals surface area contributed by atoms with Gasteiger partial charge >= 0.3 is 0 Å². The third kappa shape index (κ3) is 4.27. The number of nitrogens with two attached hydrogens (primary N) is 1. The maximum Gasteiger partial charge on any atom is 0.258 e. The van der Waals surface area contributed by atoms with Gasteiger partial charge in [0, 0.05) is 22.8 Å². The lowest BCUT2D eigenvalue weighted by Gasteiger charge is -2.09. The van der Waals surface area contributed by atoms with E-state index in [-0.39, 0.29) is 5.56 Å². The number of halogens is 2. The molecule has 6 heteroatoms. The second kappa shape index (κ2) is 7.19. The number of ether oxygens (including phenoxy) is 1. The van der Waals surface area contributed by atoms with Crippen molar-refractivity contribution in [1.29, 1.82) is 0 Å². The Bertz CT molecular complexity index is 649. The molecule has 0 aliphatic heterocycles. The van der Waals surface area contributed by atoms with Gasteiger partial charge in [0.2, 0.25) is 0 Å². The molecule has 0 aliphatic carbocycles. The lowest BCUT2D eigenvalue weighted by molar-refractivity contribution is 0.102. The second-order valence-corrected chi connectivity index (χ2v) is 5.16. The highest BCUT2D eigenvalue weighted by molar-refractivity contribution is 9.10. The Morgan fingerprint density at radius 1 is 1.29 bits per heavy atom. The van der Waals surface area contributed by atoms with Crippen LogP contribution in [-0.2, 0) is 0 Å². The number of anilines is 1. The maximum atomic E-state index is 13.6. The molecule has 3 N–H and O–H groups in total. The van der Waals surface area contributed by atoms with Crippen LogP contribution in [0.5, 0.6) is 5.75 Å². The molecule has 110 valence electrons. The molecule has 0 fully saturated rings. The summed E-state index contributed by atoms with van der Waals surface area (Å²) in [5.74, 6) is -0.510. The number of nitrogens with one attached hydrogen (secondary N) is 1. The normalized spacial score (nSPS) is 10.2. The van der Waals surface area contributed by atoms with Gasteiger partial charge in [-0.2, -0.15) is 0 Å². The van der Waals surface area contributed by atoms with Gasteiger partial charge in [0.1, 0.15) is 18.2 Å². The van der Waals surface area contributed by atoms with Gasteiger partial charge in [0.25, 0.3) is 5.91 Å². The minimum Gasteiger partial charge on any atom is -0.492 e. The van der Waals surface area contributed by atoms with E-state index in [4.69, 9.17) is 10.5 Å². The van der Waals surface area contributed by atoms with Crippen LogP contribution >= 0.6 is 15.9 Å². The molecule has 0 heterocycles. The van der Waals surface area contributed by atoms with Crippen molar-refractivity contribution in [2.24, 2.45) is 5.73 Å². The molecule has 2 rings (SSSR count). The average Bonchev–Trinajstić information content (AvgIpc) is 2.48. The molecule has 0 unspecified atom stereocenters. The summed E-state index contributed by atoms with van der Waals surface area (Å²) < 4.78 is 19.6. The van der Waals surface area contributed by atoms with Crippen molar-refractivity contribution >= 4 is 27.5 Å². The standard InChI is InChI=1S/C15H14BrFN2O2/c16-10-4-5-14(17)13(8-10)15(20)19-11-2-1-3-12(9-11)21-7-6-18/h1-5,8-9H,6-7,18H2,(H,19,20). The van der Waals surface area contributed by atoms with Crippen LogP contribution in [0.3, 0.4) is 0 Å². The molecular weight excluding hydrogens is 339 g/mol. The van der Waals surface area contributed by atoms with Gasteiger partial charge in [-0.25, -0.2) is 4.39 Å². The molecule has 0 saturated heterocycles. The summed E-state index contributed by atoms with van der Waals surface area (Å²) in [4.78, 5) is 12.1. The van der Waals surface area contributed by atoms with Crippen molar-refractivity contribution in [1.82, 2.24) is 0 Å². The van der Waals surface area contributed by atoms with Gasteiger partial charge in [-0.3, -0.25) is 4.79 Å². The molecule has 0 atom stereocenters. The van der Waals surface area contributed by atoms with Crippen LogP contribution in [0.2, 0.25) is 0 Å². The van der Waals surface area contributed by atoms with Crippen LogP contribution in [-0.4, -0.2) is 19.1 Å². The summed E-state index contributed by atoms with van der Waals surface area (Å²) in [5.41, 5.74) is 5.85. The van der Waals surface area contributed by atoms with E-state index in [0.29, 0.717) is 29.1 Å². The predicted octanol–water partition coefficient (Wildman–Crippen LogP) is 3.18. The van der Waals surface area contributed by atoms with Gasteiger partial charge in [0.15, 0.2) is 0 Å². The highest BCUT2D eigenvalue weighted by Gasteiger charge is 2.12. The molecule has 1 amide bonds. The number of carbonyl (C=O) groups is 1. The number of amides is 1. The molecule has 4 nitrogen and oxygen atoms in total. The molecule has 2 aromatic carbocycles. The van der Waals surface area contributed by atoms with E-state index < -0.39 is 11.7 Å². The topological polar surface area (TPSA) is 64.3 Å². The first-order valence-corrected chi connectivity index (χ1v) is 7.09. The van der Waals surface area contributed by atoms with Crippen molar-refractivity contribution in [3.63, 3.8) is 0 Å². The predicted molar refractivity (Wildman–Crippen MR) is 83.0 cm³/mol. The lowest BCUT2D eigenvalue weighted by atomic mass is 10.2. The highest BCUT2D eigenvalue weighted by Crippen LogP contribution is 2.20. The highest BCUT2D eigenvalue weighted by atomic mass is 79.9. The van der Waals surface area contributed by atoms with E-state index in [1.165, 1.54) is 18.2 Å². The number of rotatable bonds is 5. The van der Waals surface area contributed by atoms with Gasteiger partial charge < -0.3 is 15.8 Å². The number of hydrogen-bond donors (Lipinski definition) is 2. The molecular formula is C15H14BrFN2O2. The van der Waals surface area contributed by atoms with E-state index in [1.54, 1.807) is 24.3 Å². The minimum absolute atomic E-state index is 0.0299. The first-order valence-electron chi connectivity index (χ1n) is 6.29. The Hall–Kier alpha value is -1.92. The van der Waals surface area contributed by atoms with Gasteiger partial charge in [-0.05, 0) is 30.3 Å². The second-order valence-electron chi connectivity index (χ2n) is 4.24. The van der Waals surface area contributed by atoms with Crippen molar-refractivity contribution < 1.29 is 13.9 Å². The first-order chi connectivity index (χ1) is 10.1. The number of carbonyl (C=O) groups excluding carboxylic acids is 1. The Kier molecular flexibility index (Phi) is 5.30. The number of benzene rings is 2. The molecule has 0 radical (unpaired) electrons. The quantitative estimate of drug-likeness (QED) is 0.868. The zero-order valence-electron chi connectivity index (χ0n) is 11.1. The average molecular weight is 353 g/mol. The zero-order valence-corrected chi connectivity index (χ0v) is 12.7. The molecule has 21 heavy (non-hydrogen) atoms. The monoisotopic (exact) mass is 352 g/mol. The third-order valence-corrected chi connectivity index (χ3v) is 3.14. The number of hydrogen-bond acceptors (Lipinski definition) is 3. The summed E-state index contributed by atoms with van der Waals surface area (Å²) in [6.07, 6.45) is 0. The largest absolute Gasteiger partial charge is 0.492 e. The summed E-state index contributed by atoms with van der Waals surface area (Å²) >= 11 is 3.21. The fraction of sp³-hybridized carbons (Fsp3) is 0.133.